The molecule has 1 heterocycles. The lowest BCUT2D eigenvalue weighted by molar-refractivity contribution is -0.383. The minimum absolute atomic E-state index is 0.0850. The molecule has 2 N–H and O–H groups in total. The number of benzene rings is 1. The highest BCUT2D eigenvalue weighted by atomic mass is 32.1. The Morgan fingerprint density at radius 1 is 1.43 bits per heavy atom. The zero-order chi connectivity index (χ0) is 15.4. The highest BCUT2D eigenvalue weighted by Gasteiger charge is 2.16. The van der Waals surface area contributed by atoms with E-state index in [1.54, 1.807) is 7.05 Å². The Morgan fingerprint density at radius 2 is 2.19 bits per heavy atom. The van der Waals surface area contributed by atoms with Crippen molar-refractivity contribution in [3.8, 4) is 0 Å². The molecule has 0 aliphatic rings. The van der Waals surface area contributed by atoms with Gasteiger partial charge in [0.25, 0.3) is 11.6 Å². The van der Waals surface area contributed by atoms with Crippen molar-refractivity contribution in [3.05, 3.63) is 38.9 Å². The molecule has 0 unspecified atom stereocenters. The van der Waals surface area contributed by atoms with E-state index in [1.807, 2.05) is 6.92 Å². The maximum absolute atomic E-state index is 12.1. The first-order valence-corrected chi connectivity index (χ1v) is 6.96. The smallest absolute Gasteiger partial charge is 0.292 e. The summed E-state index contributed by atoms with van der Waals surface area (Å²) in [6.07, 6.45) is 0.745. The molecule has 0 fully saturated rings. The Labute approximate surface area is 124 Å². The number of nitrogens with zero attached hydrogens (tertiary/aromatic N) is 3. The second-order valence-corrected chi connectivity index (χ2v) is 5.11. The van der Waals surface area contributed by atoms with Crippen LogP contribution in [0.1, 0.15) is 22.3 Å². The van der Waals surface area contributed by atoms with E-state index in [4.69, 9.17) is 0 Å². The summed E-state index contributed by atoms with van der Waals surface area (Å²) in [6, 6.07) is 4.11. The van der Waals surface area contributed by atoms with Crippen molar-refractivity contribution >= 4 is 33.8 Å². The lowest BCUT2D eigenvalue weighted by Gasteiger charge is -2.05. The Balaban J connectivity index is 2.21. The second-order valence-electron chi connectivity index (χ2n) is 4.05. The number of nitro benzene ring substituents is 1. The third kappa shape index (κ3) is 3.31. The molecule has 0 aliphatic heterocycles. The fraction of sp³-hybridized carbons (Fsp3) is 0.250. The van der Waals surface area contributed by atoms with Gasteiger partial charge >= 0.3 is 0 Å². The summed E-state index contributed by atoms with van der Waals surface area (Å²) in [5.74, 6) is -0.389. The Hall–Kier alpha value is -2.55. The molecule has 2 rings (SSSR count). The third-order valence-corrected chi connectivity index (χ3v) is 3.70. The minimum atomic E-state index is -0.508. The van der Waals surface area contributed by atoms with Gasteiger partial charge in [-0.15, -0.1) is 10.2 Å². The van der Waals surface area contributed by atoms with Gasteiger partial charge < -0.3 is 5.32 Å². The molecule has 9 heteroatoms. The van der Waals surface area contributed by atoms with Crippen LogP contribution in [0.25, 0.3) is 0 Å². The largest absolute Gasteiger partial charge is 0.383 e. The molecule has 0 atom stereocenters. The standard InChI is InChI=1S/C12H13N5O3S/c1-3-10-15-16-12(21-10)14-11(18)7-4-5-9(17(19)20)8(6-7)13-2/h4-6,13H,3H2,1-2H3,(H,14,16,18). The number of amides is 1. The van der Waals surface area contributed by atoms with Crippen LogP contribution in [0.5, 0.6) is 0 Å². The molecule has 2 aromatic rings. The fourth-order valence-corrected chi connectivity index (χ4v) is 2.33. The molecule has 8 nitrogen and oxygen atoms in total. The number of nitro groups is 1. The predicted molar refractivity (Wildman–Crippen MR) is 79.9 cm³/mol. The van der Waals surface area contributed by atoms with Crippen LogP contribution in [-0.2, 0) is 6.42 Å². The zero-order valence-corrected chi connectivity index (χ0v) is 12.2. The third-order valence-electron chi connectivity index (χ3n) is 2.71. The molecule has 0 bridgehead atoms. The number of hydrogen-bond acceptors (Lipinski definition) is 7. The normalized spacial score (nSPS) is 10.2. The minimum Gasteiger partial charge on any atom is -0.383 e. The Kier molecular flexibility index (Phi) is 4.43. The van der Waals surface area contributed by atoms with Gasteiger partial charge in [-0.1, -0.05) is 18.3 Å². The van der Waals surface area contributed by atoms with Crippen molar-refractivity contribution in [1.29, 1.82) is 0 Å². The van der Waals surface area contributed by atoms with Crippen LogP contribution in [-0.4, -0.2) is 28.1 Å². The summed E-state index contributed by atoms with van der Waals surface area (Å²) in [5, 5.41) is 25.1. The van der Waals surface area contributed by atoms with Crippen molar-refractivity contribution in [1.82, 2.24) is 10.2 Å². The number of carbonyl (C=O) groups is 1. The summed E-state index contributed by atoms with van der Waals surface area (Å²) < 4.78 is 0. The van der Waals surface area contributed by atoms with Crippen LogP contribution >= 0.6 is 11.3 Å². The van der Waals surface area contributed by atoms with E-state index in [0.29, 0.717) is 10.7 Å². The molecule has 0 saturated carbocycles. The van der Waals surface area contributed by atoms with E-state index in [9.17, 15) is 14.9 Å². The summed E-state index contributed by atoms with van der Waals surface area (Å²) in [5.41, 5.74) is 0.496. The van der Waals surface area contributed by atoms with Crippen LogP contribution in [0.2, 0.25) is 0 Å². The topological polar surface area (TPSA) is 110 Å². The van der Waals surface area contributed by atoms with Gasteiger partial charge in [0.05, 0.1) is 4.92 Å². The number of anilines is 2. The van der Waals surface area contributed by atoms with E-state index < -0.39 is 4.92 Å². The number of rotatable bonds is 5. The SMILES string of the molecule is CCc1nnc(NC(=O)c2ccc([N+](=O)[O-])c(NC)c2)s1. The number of carbonyl (C=O) groups excluding carboxylic acids is 1. The summed E-state index contributed by atoms with van der Waals surface area (Å²) in [4.78, 5) is 22.4. The van der Waals surface area contributed by atoms with Crippen LogP contribution in [0, 0.1) is 10.1 Å². The summed E-state index contributed by atoms with van der Waals surface area (Å²) in [6.45, 7) is 1.95. The molecule has 1 aromatic carbocycles. The lowest BCUT2D eigenvalue weighted by atomic mass is 10.1. The number of nitrogens with one attached hydrogen (secondary N) is 2. The van der Waals surface area contributed by atoms with E-state index >= 15 is 0 Å². The van der Waals surface area contributed by atoms with Crippen LogP contribution in [0.3, 0.4) is 0 Å². The maximum Gasteiger partial charge on any atom is 0.292 e. The van der Waals surface area contributed by atoms with Crippen molar-refractivity contribution < 1.29 is 9.72 Å². The summed E-state index contributed by atoms with van der Waals surface area (Å²) >= 11 is 1.30. The zero-order valence-electron chi connectivity index (χ0n) is 11.4. The van der Waals surface area contributed by atoms with Crippen molar-refractivity contribution in [2.45, 2.75) is 13.3 Å². The van der Waals surface area contributed by atoms with Gasteiger partial charge in [-0.2, -0.15) is 0 Å². The average molecular weight is 307 g/mol. The van der Waals surface area contributed by atoms with Gasteiger partial charge in [0.1, 0.15) is 10.7 Å². The first kappa shape index (κ1) is 14.9. The number of hydrogen-bond donors (Lipinski definition) is 2. The molecule has 0 aliphatic carbocycles. The fourth-order valence-electron chi connectivity index (χ4n) is 1.65. The van der Waals surface area contributed by atoms with Gasteiger partial charge in [0.15, 0.2) is 0 Å². The van der Waals surface area contributed by atoms with Crippen molar-refractivity contribution in [3.63, 3.8) is 0 Å². The van der Waals surface area contributed by atoms with E-state index in [-0.39, 0.29) is 17.3 Å². The molecule has 0 spiro atoms. The molecule has 0 saturated heterocycles. The van der Waals surface area contributed by atoms with E-state index in [1.165, 1.54) is 29.5 Å². The molecule has 21 heavy (non-hydrogen) atoms. The van der Waals surface area contributed by atoms with E-state index in [2.05, 4.69) is 20.8 Å². The van der Waals surface area contributed by atoms with Gasteiger partial charge in [-0.05, 0) is 18.6 Å². The Bertz CT molecular complexity index is 685. The highest BCUT2D eigenvalue weighted by molar-refractivity contribution is 7.15. The molecular formula is C12H13N5O3S. The summed E-state index contributed by atoms with van der Waals surface area (Å²) in [7, 11) is 1.56. The van der Waals surface area contributed by atoms with Gasteiger partial charge in [0, 0.05) is 18.7 Å². The van der Waals surface area contributed by atoms with Gasteiger partial charge in [-0.25, -0.2) is 0 Å². The molecular weight excluding hydrogens is 294 g/mol. The average Bonchev–Trinajstić information content (AvgIpc) is 2.93. The molecule has 0 radical (unpaired) electrons. The lowest BCUT2D eigenvalue weighted by Crippen LogP contribution is -2.12. The second kappa shape index (κ2) is 6.27. The molecule has 1 amide bonds. The van der Waals surface area contributed by atoms with Gasteiger partial charge in [-0.3, -0.25) is 20.2 Å². The van der Waals surface area contributed by atoms with E-state index in [0.717, 1.165) is 11.4 Å². The number of aryl methyl sites for hydroxylation is 1. The van der Waals surface area contributed by atoms with Crippen molar-refractivity contribution in [2.24, 2.45) is 0 Å². The number of aromatic nitrogens is 2. The Morgan fingerprint density at radius 3 is 2.76 bits per heavy atom. The van der Waals surface area contributed by atoms with Crippen molar-refractivity contribution in [2.75, 3.05) is 17.7 Å². The molecule has 110 valence electrons. The highest BCUT2D eigenvalue weighted by Crippen LogP contribution is 2.25. The van der Waals surface area contributed by atoms with Crippen LogP contribution in [0.15, 0.2) is 18.2 Å². The first-order valence-electron chi connectivity index (χ1n) is 6.15. The maximum atomic E-state index is 12.1. The predicted octanol–water partition coefficient (Wildman–Crippen LogP) is 2.30. The monoisotopic (exact) mass is 307 g/mol. The van der Waals surface area contributed by atoms with Gasteiger partial charge in [0.2, 0.25) is 5.13 Å². The quantitative estimate of drug-likeness (QED) is 0.648. The molecule has 1 aromatic heterocycles. The first-order chi connectivity index (χ1) is 10.0. The van der Waals surface area contributed by atoms with Crippen LogP contribution < -0.4 is 10.6 Å². The van der Waals surface area contributed by atoms with Crippen LogP contribution in [0.4, 0.5) is 16.5 Å².